The lowest BCUT2D eigenvalue weighted by Crippen LogP contribution is -2.30. The number of nitrogens with zero attached hydrogens (tertiary/aromatic N) is 1. The van der Waals surface area contributed by atoms with Gasteiger partial charge in [0.25, 0.3) is 5.91 Å². The fourth-order valence-electron chi connectivity index (χ4n) is 2.39. The van der Waals surface area contributed by atoms with Crippen LogP contribution in [0.2, 0.25) is 0 Å². The molecule has 1 heterocycles. The maximum atomic E-state index is 11.7. The van der Waals surface area contributed by atoms with E-state index < -0.39 is 0 Å². The van der Waals surface area contributed by atoms with Crippen LogP contribution in [0.4, 0.5) is 5.69 Å². The number of hydrogen-bond donors (Lipinski definition) is 1. The van der Waals surface area contributed by atoms with Crippen LogP contribution in [0.25, 0.3) is 0 Å². The predicted octanol–water partition coefficient (Wildman–Crippen LogP) is 1.73. The van der Waals surface area contributed by atoms with Gasteiger partial charge >= 0.3 is 0 Å². The molecule has 6 nitrogen and oxygen atoms in total. The van der Waals surface area contributed by atoms with Crippen LogP contribution in [-0.2, 0) is 14.3 Å². The van der Waals surface area contributed by atoms with Crippen molar-refractivity contribution < 1.29 is 19.1 Å². The summed E-state index contributed by atoms with van der Waals surface area (Å²) in [5, 5.41) is 2.78. The number of benzene rings is 1. The minimum Gasteiger partial charge on any atom is -0.484 e. The van der Waals surface area contributed by atoms with E-state index in [1.807, 2.05) is 19.1 Å². The van der Waals surface area contributed by atoms with Crippen molar-refractivity contribution >= 4 is 17.5 Å². The topological polar surface area (TPSA) is 67.9 Å². The Kier molecular flexibility index (Phi) is 6.87. The molecule has 1 N–H and O–H groups in total. The molecule has 1 aliphatic heterocycles. The molecule has 6 heteroatoms. The van der Waals surface area contributed by atoms with Gasteiger partial charge in [-0.3, -0.25) is 9.59 Å². The Hall–Kier alpha value is -2.08. The van der Waals surface area contributed by atoms with Gasteiger partial charge in [-0.2, -0.15) is 0 Å². The standard InChI is InChI=1S/C17H24N2O4/c1-2-22-12-4-10-18-16(20)13-23-15-8-6-14(7-9-15)19-11-3-5-17(19)21/h6-9H,2-5,10-13H2,1H3,(H,18,20). The fraction of sp³-hybridized carbons (Fsp3) is 0.529. The Bertz CT molecular complexity index is 516. The van der Waals surface area contributed by atoms with Gasteiger partial charge in [0, 0.05) is 38.4 Å². The lowest BCUT2D eigenvalue weighted by Gasteiger charge is -2.16. The number of ether oxygens (including phenoxy) is 2. The third kappa shape index (κ3) is 5.56. The van der Waals surface area contributed by atoms with E-state index in [2.05, 4.69) is 5.32 Å². The van der Waals surface area contributed by atoms with Crippen LogP contribution in [-0.4, -0.2) is 44.7 Å². The molecule has 0 saturated carbocycles. The molecule has 1 saturated heterocycles. The zero-order chi connectivity index (χ0) is 16.5. The monoisotopic (exact) mass is 320 g/mol. The van der Waals surface area contributed by atoms with Crippen LogP contribution in [0, 0.1) is 0 Å². The molecule has 1 fully saturated rings. The van der Waals surface area contributed by atoms with Gasteiger partial charge in [-0.05, 0) is 44.0 Å². The predicted molar refractivity (Wildman–Crippen MR) is 87.6 cm³/mol. The first kappa shape index (κ1) is 17.3. The highest BCUT2D eigenvalue weighted by Gasteiger charge is 2.21. The van der Waals surface area contributed by atoms with Crippen molar-refractivity contribution in [2.24, 2.45) is 0 Å². The van der Waals surface area contributed by atoms with Crippen molar-refractivity contribution in [2.75, 3.05) is 37.8 Å². The van der Waals surface area contributed by atoms with E-state index >= 15 is 0 Å². The van der Waals surface area contributed by atoms with E-state index in [-0.39, 0.29) is 18.4 Å². The van der Waals surface area contributed by atoms with Crippen molar-refractivity contribution in [1.29, 1.82) is 0 Å². The lowest BCUT2D eigenvalue weighted by molar-refractivity contribution is -0.123. The van der Waals surface area contributed by atoms with Crippen molar-refractivity contribution in [3.63, 3.8) is 0 Å². The minimum atomic E-state index is -0.153. The smallest absolute Gasteiger partial charge is 0.257 e. The van der Waals surface area contributed by atoms with Gasteiger partial charge in [0.05, 0.1) is 0 Å². The molecule has 2 rings (SSSR count). The summed E-state index contributed by atoms with van der Waals surface area (Å²) in [5.74, 6) is 0.621. The number of anilines is 1. The van der Waals surface area contributed by atoms with Gasteiger partial charge in [0.15, 0.2) is 6.61 Å². The Labute approximate surface area is 136 Å². The molecular formula is C17H24N2O4. The fourth-order valence-corrected chi connectivity index (χ4v) is 2.39. The highest BCUT2D eigenvalue weighted by atomic mass is 16.5. The number of amides is 2. The van der Waals surface area contributed by atoms with Gasteiger partial charge in [-0.25, -0.2) is 0 Å². The summed E-state index contributed by atoms with van der Waals surface area (Å²) < 4.78 is 10.6. The largest absolute Gasteiger partial charge is 0.484 e. The average molecular weight is 320 g/mol. The highest BCUT2D eigenvalue weighted by molar-refractivity contribution is 5.95. The molecule has 23 heavy (non-hydrogen) atoms. The normalized spacial score (nSPS) is 14.1. The molecule has 0 spiro atoms. The first-order valence-corrected chi connectivity index (χ1v) is 8.08. The number of carbonyl (C=O) groups is 2. The van der Waals surface area contributed by atoms with Crippen molar-refractivity contribution in [2.45, 2.75) is 26.2 Å². The molecule has 0 unspecified atom stereocenters. The summed E-state index contributed by atoms with van der Waals surface area (Å²) in [6, 6.07) is 7.25. The summed E-state index contributed by atoms with van der Waals surface area (Å²) in [6.07, 6.45) is 2.31. The summed E-state index contributed by atoms with van der Waals surface area (Å²) in [5.41, 5.74) is 0.875. The number of hydrogen-bond acceptors (Lipinski definition) is 4. The highest BCUT2D eigenvalue weighted by Crippen LogP contribution is 2.23. The van der Waals surface area contributed by atoms with Crippen LogP contribution in [0.1, 0.15) is 26.2 Å². The van der Waals surface area contributed by atoms with Crippen LogP contribution in [0.3, 0.4) is 0 Å². The van der Waals surface area contributed by atoms with Crippen LogP contribution in [0.15, 0.2) is 24.3 Å². The van der Waals surface area contributed by atoms with Crippen LogP contribution < -0.4 is 15.0 Å². The first-order valence-electron chi connectivity index (χ1n) is 8.08. The molecule has 0 aromatic heterocycles. The molecule has 0 atom stereocenters. The van der Waals surface area contributed by atoms with E-state index in [4.69, 9.17) is 9.47 Å². The number of nitrogens with one attached hydrogen (secondary N) is 1. The van der Waals surface area contributed by atoms with E-state index in [0.717, 1.165) is 25.1 Å². The maximum Gasteiger partial charge on any atom is 0.257 e. The van der Waals surface area contributed by atoms with Gasteiger partial charge in [-0.15, -0.1) is 0 Å². The Morgan fingerprint density at radius 1 is 1.30 bits per heavy atom. The zero-order valence-corrected chi connectivity index (χ0v) is 13.5. The summed E-state index contributed by atoms with van der Waals surface area (Å²) in [6.45, 7) is 4.61. The third-order valence-electron chi connectivity index (χ3n) is 3.58. The van der Waals surface area contributed by atoms with Gasteiger partial charge in [0.2, 0.25) is 5.91 Å². The van der Waals surface area contributed by atoms with Crippen LogP contribution in [0.5, 0.6) is 5.75 Å². The van der Waals surface area contributed by atoms with E-state index in [1.54, 1.807) is 17.0 Å². The third-order valence-corrected chi connectivity index (χ3v) is 3.58. The first-order chi connectivity index (χ1) is 11.2. The molecule has 126 valence electrons. The summed E-state index contributed by atoms with van der Waals surface area (Å²) in [4.78, 5) is 25.1. The number of rotatable bonds is 9. The maximum absolute atomic E-state index is 11.7. The van der Waals surface area contributed by atoms with Gasteiger partial charge in [-0.1, -0.05) is 0 Å². The molecular weight excluding hydrogens is 296 g/mol. The zero-order valence-electron chi connectivity index (χ0n) is 13.5. The molecule has 2 amide bonds. The van der Waals surface area contributed by atoms with Crippen molar-refractivity contribution in [3.8, 4) is 5.75 Å². The quantitative estimate of drug-likeness (QED) is 0.704. The molecule has 1 aliphatic rings. The second-order valence-electron chi connectivity index (χ2n) is 5.33. The Balaban J connectivity index is 1.69. The summed E-state index contributed by atoms with van der Waals surface area (Å²) >= 11 is 0. The Morgan fingerprint density at radius 2 is 2.09 bits per heavy atom. The van der Waals surface area contributed by atoms with Gasteiger partial charge < -0.3 is 19.7 Å². The lowest BCUT2D eigenvalue weighted by atomic mass is 10.3. The second-order valence-corrected chi connectivity index (χ2v) is 5.33. The molecule has 0 radical (unpaired) electrons. The van der Waals surface area contributed by atoms with E-state index in [9.17, 15) is 9.59 Å². The molecule has 1 aromatic rings. The SMILES string of the molecule is CCOCCCNC(=O)COc1ccc(N2CCCC2=O)cc1. The second kappa shape index (κ2) is 9.15. The number of carbonyl (C=O) groups excluding carboxylic acids is 2. The Morgan fingerprint density at radius 3 is 2.74 bits per heavy atom. The van der Waals surface area contributed by atoms with Gasteiger partial charge in [0.1, 0.15) is 5.75 Å². The van der Waals surface area contributed by atoms with Crippen molar-refractivity contribution in [1.82, 2.24) is 5.32 Å². The molecule has 1 aromatic carbocycles. The molecule has 0 bridgehead atoms. The van der Waals surface area contributed by atoms with E-state index in [0.29, 0.717) is 31.9 Å². The summed E-state index contributed by atoms with van der Waals surface area (Å²) in [7, 11) is 0. The van der Waals surface area contributed by atoms with Crippen LogP contribution >= 0.6 is 0 Å². The average Bonchev–Trinajstić information content (AvgIpc) is 2.99. The minimum absolute atomic E-state index is 0.0172. The van der Waals surface area contributed by atoms with E-state index in [1.165, 1.54) is 0 Å². The molecule has 0 aliphatic carbocycles. The van der Waals surface area contributed by atoms with Crippen molar-refractivity contribution in [3.05, 3.63) is 24.3 Å².